The molecule has 1 heterocycles. The number of allylic oxidation sites excluding steroid dienone is 3. The predicted octanol–water partition coefficient (Wildman–Crippen LogP) is 1.22. The first-order chi connectivity index (χ1) is 3.30. The molecule has 0 aromatic heterocycles. The molecule has 0 fully saturated rings. The third-order valence-corrected chi connectivity index (χ3v) is 1.08. The van der Waals surface area contributed by atoms with Crippen LogP contribution >= 0.6 is 0 Å². The van der Waals surface area contributed by atoms with E-state index >= 15 is 0 Å². The van der Waals surface area contributed by atoms with E-state index in [4.69, 9.17) is 0 Å². The summed E-state index contributed by atoms with van der Waals surface area (Å²) in [5.74, 6) is 0. The molecule has 0 aromatic rings. The Morgan fingerprint density at radius 3 is 2.43 bits per heavy atom. The van der Waals surface area contributed by atoms with Gasteiger partial charge in [-0.15, -0.1) is 0 Å². The molecule has 0 bridgehead atoms. The SMILES string of the molecule is CC1=C(C)[N][C]=C1. The Bertz CT molecular complexity index is 131. The molecule has 0 amide bonds. The molecule has 36 valence electrons. The van der Waals surface area contributed by atoms with Crippen molar-refractivity contribution in [3.05, 3.63) is 23.5 Å². The van der Waals surface area contributed by atoms with Gasteiger partial charge in [0.15, 0.2) is 0 Å². The van der Waals surface area contributed by atoms with Crippen molar-refractivity contribution in [3.8, 4) is 0 Å². The zero-order valence-electron chi connectivity index (χ0n) is 4.52. The average molecular weight is 93.1 g/mol. The zero-order valence-corrected chi connectivity index (χ0v) is 4.52. The molecule has 1 nitrogen and oxygen atoms in total. The fourth-order valence-corrected chi connectivity index (χ4v) is 0.419. The quantitative estimate of drug-likeness (QED) is 0.427. The van der Waals surface area contributed by atoms with Crippen LogP contribution in [-0.4, -0.2) is 0 Å². The normalized spacial score (nSPS) is 18.0. The van der Waals surface area contributed by atoms with Crippen LogP contribution in [-0.2, 0) is 0 Å². The molecular formula is C6H7N. The van der Waals surface area contributed by atoms with Gasteiger partial charge >= 0.3 is 0 Å². The first-order valence-corrected chi connectivity index (χ1v) is 2.27. The Morgan fingerprint density at radius 1 is 1.57 bits per heavy atom. The highest BCUT2D eigenvalue weighted by Crippen LogP contribution is 2.07. The fourth-order valence-electron chi connectivity index (χ4n) is 0.419. The van der Waals surface area contributed by atoms with Gasteiger partial charge < -0.3 is 0 Å². The van der Waals surface area contributed by atoms with Gasteiger partial charge in [0.2, 0.25) is 0 Å². The second kappa shape index (κ2) is 1.41. The van der Waals surface area contributed by atoms with Crippen LogP contribution < -0.4 is 5.32 Å². The summed E-state index contributed by atoms with van der Waals surface area (Å²) in [6, 6.07) is 0. The van der Waals surface area contributed by atoms with Crippen LogP contribution in [0.2, 0.25) is 0 Å². The van der Waals surface area contributed by atoms with Crippen molar-refractivity contribution in [2.24, 2.45) is 0 Å². The Balaban J connectivity index is 2.79. The largest absolute Gasteiger partial charge is 0.251 e. The van der Waals surface area contributed by atoms with Crippen molar-refractivity contribution in [1.82, 2.24) is 5.32 Å². The van der Waals surface area contributed by atoms with E-state index < -0.39 is 0 Å². The monoisotopic (exact) mass is 93.1 g/mol. The minimum atomic E-state index is 1.08. The molecular weight excluding hydrogens is 86.1 g/mol. The lowest BCUT2D eigenvalue weighted by Gasteiger charge is -1.86. The van der Waals surface area contributed by atoms with E-state index in [9.17, 15) is 0 Å². The maximum Gasteiger partial charge on any atom is 0.0892 e. The first-order valence-electron chi connectivity index (χ1n) is 2.27. The van der Waals surface area contributed by atoms with E-state index in [2.05, 4.69) is 11.5 Å². The summed E-state index contributed by atoms with van der Waals surface area (Å²) < 4.78 is 0. The zero-order chi connectivity index (χ0) is 5.28. The lowest BCUT2D eigenvalue weighted by molar-refractivity contribution is 1.03. The lowest BCUT2D eigenvalue weighted by atomic mass is 10.3. The van der Waals surface area contributed by atoms with E-state index in [-0.39, 0.29) is 0 Å². The van der Waals surface area contributed by atoms with Gasteiger partial charge in [-0.1, -0.05) is 0 Å². The molecule has 0 saturated carbocycles. The summed E-state index contributed by atoms with van der Waals surface area (Å²) in [6.45, 7) is 4.00. The van der Waals surface area contributed by atoms with Crippen molar-refractivity contribution >= 4 is 0 Å². The molecule has 2 radical (unpaired) electrons. The standard InChI is InChI=1S/C6H7N/c1-5-3-4-7-6(5)2/h3H,1-2H3. The molecule has 0 saturated heterocycles. The highest BCUT2D eigenvalue weighted by molar-refractivity contribution is 5.24. The lowest BCUT2D eigenvalue weighted by Crippen LogP contribution is -1.85. The first kappa shape index (κ1) is 4.44. The van der Waals surface area contributed by atoms with Crippen molar-refractivity contribution in [3.63, 3.8) is 0 Å². The highest BCUT2D eigenvalue weighted by atomic mass is 14.9. The molecule has 7 heavy (non-hydrogen) atoms. The number of rotatable bonds is 0. The third-order valence-electron chi connectivity index (χ3n) is 1.08. The van der Waals surface area contributed by atoms with E-state index in [0.29, 0.717) is 0 Å². The number of hydrogen-bond acceptors (Lipinski definition) is 0. The smallest absolute Gasteiger partial charge is 0.0892 e. The van der Waals surface area contributed by atoms with Gasteiger partial charge in [0, 0.05) is 5.70 Å². The number of hydrogen-bond donors (Lipinski definition) is 0. The van der Waals surface area contributed by atoms with Gasteiger partial charge in [-0.05, 0) is 25.5 Å². The van der Waals surface area contributed by atoms with Gasteiger partial charge in [-0.3, -0.25) is 5.32 Å². The molecule has 1 aliphatic heterocycles. The second-order valence-corrected chi connectivity index (χ2v) is 1.65. The van der Waals surface area contributed by atoms with E-state index in [1.165, 1.54) is 5.57 Å². The highest BCUT2D eigenvalue weighted by Gasteiger charge is 1.97. The summed E-state index contributed by atoms with van der Waals surface area (Å²) in [5.41, 5.74) is 2.31. The number of nitrogens with zero attached hydrogens (tertiary/aromatic N) is 1. The Kier molecular flexibility index (Phi) is 0.895. The molecule has 0 atom stereocenters. The van der Waals surface area contributed by atoms with Crippen molar-refractivity contribution in [2.75, 3.05) is 0 Å². The van der Waals surface area contributed by atoms with Gasteiger partial charge in [0.1, 0.15) is 0 Å². The van der Waals surface area contributed by atoms with Crippen LogP contribution in [0.3, 0.4) is 0 Å². The van der Waals surface area contributed by atoms with Gasteiger partial charge in [0.05, 0.1) is 6.20 Å². The average Bonchev–Trinajstić information content (AvgIpc) is 1.91. The Morgan fingerprint density at radius 2 is 2.29 bits per heavy atom. The molecule has 0 unspecified atom stereocenters. The maximum atomic E-state index is 3.89. The van der Waals surface area contributed by atoms with Gasteiger partial charge in [-0.2, -0.15) is 0 Å². The van der Waals surface area contributed by atoms with Crippen molar-refractivity contribution in [2.45, 2.75) is 13.8 Å². The molecule has 1 aliphatic rings. The Labute approximate surface area is 43.7 Å². The minimum Gasteiger partial charge on any atom is -0.251 e. The van der Waals surface area contributed by atoms with Crippen LogP contribution in [0.5, 0.6) is 0 Å². The maximum absolute atomic E-state index is 3.89. The minimum absolute atomic E-state index is 1.08. The topological polar surface area (TPSA) is 14.1 Å². The summed E-state index contributed by atoms with van der Waals surface area (Å²) >= 11 is 0. The second-order valence-electron chi connectivity index (χ2n) is 1.65. The summed E-state index contributed by atoms with van der Waals surface area (Å²) in [6.07, 6.45) is 4.63. The molecule has 1 rings (SSSR count). The van der Waals surface area contributed by atoms with Crippen molar-refractivity contribution in [1.29, 1.82) is 0 Å². The summed E-state index contributed by atoms with van der Waals surface area (Å²) in [7, 11) is 0. The third kappa shape index (κ3) is 0.660. The van der Waals surface area contributed by atoms with Crippen LogP contribution in [0.1, 0.15) is 13.8 Å². The van der Waals surface area contributed by atoms with Crippen LogP contribution in [0.15, 0.2) is 17.3 Å². The van der Waals surface area contributed by atoms with Crippen LogP contribution in [0, 0.1) is 6.20 Å². The molecule has 0 aliphatic carbocycles. The Hall–Kier alpha value is -0.720. The molecule has 0 spiro atoms. The summed E-state index contributed by atoms with van der Waals surface area (Å²) in [5, 5.41) is 3.89. The fraction of sp³-hybridized carbons (Fsp3) is 0.333. The van der Waals surface area contributed by atoms with E-state index in [1.54, 1.807) is 0 Å². The van der Waals surface area contributed by atoms with Gasteiger partial charge in [-0.25, -0.2) is 0 Å². The van der Waals surface area contributed by atoms with E-state index in [0.717, 1.165) is 5.70 Å². The molecule has 0 aromatic carbocycles. The van der Waals surface area contributed by atoms with Crippen LogP contribution in [0.4, 0.5) is 0 Å². The van der Waals surface area contributed by atoms with E-state index in [1.807, 2.05) is 19.9 Å². The van der Waals surface area contributed by atoms with Crippen molar-refractivity contribution < 1.29 is 0 Å². The van der Waals surface area contributed by atoms with Gasteiger partial charge in [0.25, 0.3) is 0 Å². The predicted molar refractivity (Wildman–Crippen MR) is 28.3 cm³/mol. The molecule has 1 heteroatoms. The molecule has 0 N–H and O–H groups in total. The summed E-state index contributed by atoms with van der Waals surface area (Å²) in [4.78, 5) is 0. The van der Waals surface area contributed by atoms with Crippen LogP contribution in [0.25, 0.3) is 0 Å².